The molecule has 0 aliphatic rings. The zero-order valence-corrected chi connectivity index (χ0v) is 12.5. The first kappa shape index (κ1) is 15.7. The number of methoxy groups -OCH3 is 1. The van der Waals surface area contributed by atoms with Crippen LogP contribution in [0.1, 0.15) is 24.4 Å². The van der Waals surface area contributed by atoms with Crippen LogP contribution in [0.2, 0.25) is 0 Å². The van der Waals surface area contributed by atoms with E-state index in [1.807, 2.05) is 6.92 Å². The van der Waals surface area contributed by atoms with Crippen molar-refractivity contribution >= 4 is 27.4 Å². The molecular formula is C10H16N4O3S2. The summed E-state index contributed by atoms with van der Waals surface area (Å²) in [6, 6.07) is 0. The molecule has 0 amide bonds. The van der Waals surface area contributed by atoms with Crippen LogP contribution in [0.25, 0.3) is 0 Å². The second-order valence-electron chi connectivity index (χ2n) is 3.99. The Bertz CT molecular complexity index is 544. The van der Waals surface area contributed by atoms with E-state index < -0.39 is 21.4 Å². The molecule has 0 fully saturated rings. The van der Waals surface area contributed by atoms with Gasteiger partial charge in [-0.1, -0.05) is 0 Å². The van der Waals surface area contributed by atoms with Crippen LogP contribution in [-0.4, -0.2) is 35.9 Å². The van der Waals surface area contributed by atoms with Gasteiger partial charge < -0.3 is 10.5 Å². The van der Waals surface area contributed by atoms with Gasteiger partial charge in [-0.15, -0.1) is 0 Å². The summed E-state index contributed by atoms with van der Waals surface area (Å²) < 4.78 is 31.2. The van der Waals surface area contributed by atoms with Crippen molar-refractivity contribution in [1.29, 1.82) is 0 Å². The Hall–Kier alpha value is -1.32. The summed E-state index contributed by atoms with van der Waals surface area (Å²) in [5.74, 6) is 0.286. The van der Waals surface area contributed by atoms with Gasteiger partial charge in [0.2, 0.25) is 10.0 Å². The molecule has 0 unspecified atom stereocenters. The van der Waals surface area contributed by atoms with Crippen LogP contribution in [0.5, 0.6) is 0 Å². The van der Waals surface area contributed by atoms with Gasteiger partial charge in [0.15, 0.2) is 10.9 Å². The highest BCUT2D eigenvalue weighted by atomic mass is 32.2. The second-order valence-corrected chi connectivity index (χ2v) is 6.47. The van der Waals surface area contributed by atoms with Crippen molar-refractivity contribution in [2.24, 2.45) is 5.73 Å². The Balaban J connectivity index is 3.03. The first-order valence-electron chi connectivity index (χ1n) is 5.40. The molecule has 0 spiro atoms. The van der Waals surface area contributed by atoms with Gasteiger partial charge in [-0.3, -0.25) is 4.72 Å². The Morgan fingerprint density at radius 1 is 1.47 bits per heavy atom. The number of hydrogen-bond acceptors (Lipinski definition) is 6. The highest BCUT2D eigenvalue weighted by Crippen LogP contribution is 2.21. The third-order valence-electron chi connectivity index (χ3n) is 2.47. The number of hydrogen-bond donors (Lipinski definition) is 2. The largest absolute Gasteiger partial charge is 0.376 e. The lowest BCUT2D eigenvalue weighted by molar-refractivity contribution is 0.0947. The molecule has 1 heterocycles. The van der Waals surface area contributed by atoms with Crippen LogP contribution in [0.15, 0.2) is 12.4 Å². The van der Waals surface area contributed by atoms with Gasteiger partial charge in [0.1, 0.15) is 11.4 Å². The van der Waals surface area contributed by atoms with Crippen molar-refractivity contribution in [2.45, 2.75) is 25.2 Å². The smallest absolute Gasteiger partial charge is 0.240 e. The van der Waals surface area contributed by atoms with Crippen molar-refractivity contribution in [3.8, 4) is 0 Å². The lowest BCUT2D eigenvalue weighted by Crippen LogP contribution is -2.42. The van der Waals surface area contributed by atoms with E-state index in [0.29, 0.717) is 0 Å². The lowest BCUT2D eigenvalue weighted by Gasteiger charge is -2.21. The van der Waals surface area contributed by atoms with Gasteiger partial charge in [-0.2, -0.15) is 0 Å². The van der Waals surface area contributed by atoms with Crippen LogP contribution >= 0.6 is 12.2 Å². The molecule has 106 valence electrons. The molecule has 0 aromatic carbocycles. The maximum Gasteiger partial charge on any atom is 0.240 e. The van der Waals surface area contributed by atoms with Crippen molar-refractivity contribution in [3.63, 3.8) is 0 Å². The number of aryl methyl sites for hydroxylation is 1. The Kier molecular flexibility index (Phi) is 5.15. The summed E-state index contributed by atoms with van der Waals surface area (Å²) in [7, 11) is -2.36. The fourth-order valence-electron chi connectivity index (χ4n) is 1.45. The standard InChI is InChI=1S/C10H16N4O3S2/c1-6-4-12-9(13-5-6)8(17-3)7(2)19(15,16)14-10(11)18/h4-5,7-8H,1-3H3,(H3,11,14,18)/t7-,8-/m0/s1. The molecule has 1 aromatic rings. The molecular weight excluding hydrogens is 288 g/mol. The predicted octanol–water partition coefficient (Wildman–Crippen LogP) is 0.0240. The minimum atomic E-state index is -3.75. The number of nitrogens with two attached hydrogens (primary N) is 1. The monoisotopic (exact) mass is 304 g/mol. The third kappa shape index (κ3) is 4.08. The van der Waals surface area contributed by atoms with Crippen LogP contribution in [0.4, 0.5) is 0 Å². The van der Waals surface area contributed by atoms with E-state index >= 15 is 0 Å². The zero-order chi connectivity index (χ0) is 14.6. The van der Waals surface area contributed by atoms with Crippen molar-refractivity contribution < 1.29 is 13.2 Å². The highest BCUT2D eigenvalue weighted by molar-refractivity contribution is 7.92. The normalized spacial score (nSPS) is 14.7. The number of sulfonamides is 1. The Morgan fingerprint density at radius 2 is 2.00 bits per heavy atom. The van der Waals surface area contributed by atoms with Gasteiger partial charge in [0.05, 0.1) is 0 Å². The summed E-state index contributed by atoms with van der Waals surface area (Å²) in [5, 5.41) is -1.26. The number of ether oxygens (including phenoxy) is 1. The topological polar surface area (TPSA) is 107 Å². The first-order valence-corrected chi connectivity index (χ1v) is 7.35. The third-order valence-corrected chi connectivity index (χ3v) is 4.43. The van der Waals surface area contributed by atoms with Gasteiger partial charge >= 0.3 is 0 Å². The van der Waals surface area contributed by atoms with Crippen molar-refractivity contribution in [1.82, 2.24) is 14.7 Å². The molecule has 3 N–H and O–H groups in total. The molecule has 9 heteroatoms. The molecule has 19 heavy (non-hydrogen) atoms. The molecule has 7 nitrogen and oxygen atoms in total. The van der Waals surface area contributed by atoms with Gasteiger partial charge in [-0.05, 0) is 31.6 Å². The number of rotatable bonds is 5. The second kappa shape index (κ2) is 6.22. The van der Waals surface area contributed by atoms with E-state index in [4.69, 9.17) is 10.5 Å². The molecule has 0 bridgehead atoms. The molecule has 1 rings (SSSR count). The quantitative estimate of drug-likeness (QED) is 0.739. The molecule has 0 saturated carbocycles. The number of nitrogens with one attached hydrogen (secondary N) is 1. The summed E-state index contributed by atoms with van der Waals surface area (Å²) in [6.45, 7) is 3.30. The maximum atomic E-state index is 12.0. The van der Waals surface area contributed by atoms with Crippen LogP contribution in [0, 0.1) is 6.92 Å². The summed E-state index contributed by atoms with van der Waals surface area (Å²) in [6.07, 6.45) is 2.37. The predicted molar refractivity (Wildman–Crippen MR) is 74.8 cm³/mol. The van der Waals surface area contributed by atoms with E-state index in [1.54, 1.807) is 12.4 Å². The molecule has 0 saturated heterocycles. The number of aromatic nitrogens is 2. The molecule has 0 radical (unpaired) electrons. The minimum absolute atomic E-state index is 0.286. The molecule has 0 aliphatic heterocycles. The Morgan fingerprint density at radius 3 is 2.42 bits per heavy atom. The van der Waals surface area contributed by atoms with Gasteiger partial charge in [-0.25, -0.2) is 18.4 Å². The first-order chi connectivity index (χ1) is 8.77. The van der Waals surface area contributed by atoms with E-state index in [-0.39, 0.29) is 10.9 Å². The van der Waals surface area contributed by atoms with E-state index in [9.17, 15) is 8.42 Å². The average Bonchev–Trinajstić information content (AvgIpc) is 2.30. The molecule has 0 aliphatic carbocycles. The summed E-state index contributed by atoms with van der Waals surface area (Å²) in [5.41, 5.74) is 6.06. The van der Waals surface area contributed by atoms with Gasteiger partial charge in [0, 0.05) is 19.5 Å². The van der Waals surface area contributed by atoms with E-state index in [2.05, 4.69) is 26.9 Å². The average molecular weight is 304 g/mol. The highest BCUT2D eigenvalue weighted by Gasteiger charge is 2.32. The lowest BCUT2D eigenvalue weighted by atomic mass is 10.2. The zero-order valence-electron chi connectivity index (χ0n) is 10.8. The number of thiocarbonyl (C=S) groups is 1. The van der Waals surface area contributed by atoms with Crippen molar-refractivity contribution in [2.75, 3.05) is 7.11 Å². The van der Waals surface area contributed by atoms with E-state index in [1.165, 1.54) is 14.0 Å². The van der Waals surface area contributed by atoms with Crippen LogP contribution in [0.3, 0.4) is 0 Å². The van der Waals surface area contributed by atoms with Crippen molar-refractivity contribution in [3.05, 3.63) is 23.8 Å². The number of nitrogens with zero attached hydrogens (tertiary/aromatic N) is 2. The van der Waals surface area contributed by atoms with Gasteiger partial charge in [0.25, 0.3) is 0 Å². The van der Waals surface area contributed by atoms with E-state index in [0.717, 1.165) is 5.56 Å². The SMILES string of the molecule is CO[C@H](c1ncc(C)cn1)[C@H](C)S(=O)(=O)NC(N)=S. The fraction of sp³-hybridized carbons (Fsp3) is 0.500. The summed E-state index contributed by atoms with van der Waals surface area (Å²) in [4.78, 5) is 8.14. The molecule has 1 aromatic heterocycles. The fourth-order valence-corrected chi connectivity index (χ4v) is 2.83. The van der Waals surface area contributed by atoms with Crippen LogP contribution in [-0.2, 0) is 14.8 Å². The van der Waals surface area contributed by atoms with Crippen LogP contribution < -0.4 is 10.5 Å². The minimum Gasteiger partial charge on any atom is -0.376 e. The Labute approximate surface area is 117 Å². The summed E-state index contributed by atoms with van der Waals surface area (Å²) >= 11 is 4.53. The molecule has 2 atom stereocenters. The maximum absolute atomic E-state index is 12.0.